The summed E-state index contributed by atoms with van der Waals surface area (Å²) >= 11 is 0. The minimum Gasteiger partial charge on any atom is -0.481 e. The van der Waals surface area contributed by atoms with Gasteiger partial charge in [-0.25, -0.2) is 9.78 Å². The third kappa shape index (κ3) is 6.87. The highest BCUT2D eigenvalue weighted by atomic mass is 16.4. The number of nitrogens with one attached hydrogen (secondary N) is 3. The second kappa shape index (κ2) is 9.25. The quantitative estimate of drug-likeness (QED) is 0.277. The SMILES string of the molecule is N[C@@H](CCC(=O)O)C(=O)NCC(=O)N[C@@H](Cc1cnc[nH]1)C(=O)O. The maximum atomic E-state index is 11.7. The topological polar surface area (TPSA) is 188 Å². The van der Waals surface area contributed by atoms with Crippen molar-refractivity contribution in [2.45, 2.75) is 31.3 Å². The average molecular weight is 341 g/mol. The minimum absolute atomic E-state index is 0.00709. The smallest absolute Gasteiger partial charge is 0.326 e. The van der Waals surface area contributed by atoms with Gasteiger partial charge in [0.1, 0.15) is 6.04 Å². The van der Waals surface area contributed by atoms with Crippen molar-refractivity contribution in [3.8, 4) is 0 Å². The second-order valence-electron chi connectivity index (χ2n) is 5.00. The number of hydrogen-bond donors (Lipinski definition) is 6. The Kier molecular flexibility index (Phi) is 7.36. The van der Waals surface area contributed by atoms with Crippen LogP contribution in [0.25, 0.3) is 0 Å². The van der Waals surface area contributed by atoms with Crippen LogP contribution in [0.5, 0.6) is 0 Å². The van der Waals surface area contributed by atoms with Gasteiger partial charge in [-0.2, -0.15) is 0 Å². The Labute approximate surface area is 136 Å². The molecule has 0 aliphatic carbocycles. The van der Waals surface area contributed by atoms with Gasteiger partial charge in [0.25, 0.3) is 0 Å². The molecule has 132 valence electrons. The zero-order chi connectivity index (χ0) is 18.1. The molecule has 0 aromatic carbocycles. The van der Waals surface area contributed by atoms with Gasteiger partial charge in [-0.05, 0) is 6.42 Å². The molecule has 0 saturated carbocycles. The zero-order valence-electron chi connectivity index (χ0n) is 12.7. The van der Waals surface area contributed by atoms with E-state index in [4.69, 9.17) is 15.9 Å². The molecule has 11 heteroatoms. The van der Waals surface area contributed by atoms with Crippen LogP contribution < -0.4 is 16.4 Å². The molecule has 0 spiro atoms. The van der Waals surface area contributed by atoms with Crippen LogP contribution in [0.2, 0.25) is 0 Å². The molecule has 0 aliphatic heterocycles. The zero-order valence-corrected chi connectivity index (χ0v) is 12.7. The van der Waals surface area contributed by atoms with Crippen LogP contribution in [-0.4, -0.2) is 62.6 Å². The lowest BCUT2D eigenvalue weighted by Crippen LogP contribution is -2.49. The second-order valence-corrected chi connectivity index (χ2v) is 5.00. The van der Waals surface area contributed by atoms with Gasteiger partial charge in [-0.1, -0.05) is 0 Å². The Morgan fingerprint density at radius 2 is 2.00 bits per heavy atom. The standard InChI is InChI=1S/C13H19N5O6/c14-8(1-2-11(20)21)12(22)16-5-10(19)18-9(13(23)24)3-7-4-15-6-17-7/h4,6,8-9H,1-3,5,14H2,(H,15,17)(H,16,22)(H,18,19)(H,20,21)(H,23,24)/t8-,9-/m0/s1. The van der Waals surface area contributed by atoms with Crippen LogP contribution in [-0.2, 0) is 25.6 Å². The predicted molar refractivity (Wildman–Crippen MR) is 79.7 cm³/mol. The first-order valence-electron chi connectivity index (χ1n) is 7.04. The molecule has 11 nitrogen and oxygen atoms in total. The summed E-state index contributed by atoms with van der Waals surface area (Å²) in [5.74, 6) is -3.71. The van der Waals surface area contributed by atoms with Crippen LogP contribution >= 0.6 is 0 Å². The first-order chi connectivity index (χ1) is 11.3. The summed E-state index contributed by atoms with van der Waals surface area (Å²) in [5, 5.41) is 22.1. The fraction of sp³-hybridized carbons (Fsp3) is 0.462. The number of amides is 2. The van der Waals surface area contributed by atoms with Crippen molar-refractivity contribution in [3.63, 3.8) is 0 Å². The number of hydrogen-bond acceptors (Lipinski definition) is 6. The lowest BCUT2D eigenvalue weighted by molar-refractivity contribution is -0.141. The highest BCUT2D eigenvalue weighted by Gasteiger charge is 2.22. The Morgan fingerprint density at radius 1 is 1.29 bits per heavy atom. The van der Waals surface area contributed by atoms with Crippen molar-refractivity contribution in [3.05, 3.63) is 18.2 Å². The molecule has 0 unspecified atom stereocenters. The van der Waals surface area contributed by atoms with E-state index in [1.165, 1.54) is 12.5 Å². The van der Waals surface area contributed by atoms with Gasteiger partial charge in [0.15, 0.2) is 0 Å². The van der Waals surface area contributed by atoms with E-state index >= 15 is 0 Å². The van der Waals surface area contributed by atoms with E-state index in [0.717, 1.165) is 0 Å². The molecule has 2 amide bonds. The summed E-state index contributed by atoms with van der Waals surface area (Å²) in [4.78, 5) is 51.3. The lowest BCUT2D eigenvalue weighted by atomic mass is 10.1. The number of aromatic nitrogens is 2. The maximum Gasteiger partial charge on any atom is 0.326 e. The van der Waals surface area contributed by atoms with Crippen molar-refractivity contribution in [2.24, 2.45) is 5.73 Å². The molecule has 2 atom stereocenters. The normalized spacial score (nSPS) is 12.9. The lowest BCUT2D eigenvalue weighted by Gasteiger charge is -2.15. The van der Waals surface area contributed by atoms with E-state index < -0.39 is 42.4 Å². The number of carbonyl (C=O) groups excluding carboxylic acids is 2. The largest absolute Gasteiger partial charge is 0.481 e. The number of H-pyrrole nitrogens is 1. The Morgan fingerprint density at radius 3 is 2.54 bits per heavy atom. The molecule has 0 fully saturated rings. The Bertz CT molecular complexity index is 588. The third-order valence-corrected chi connectivity index (χ3v) is 3.04. The van der Waals surface area contributed by atoms with Gasteiger partial charge in [-0.3, -0.25) is 14.4 Å². The number of carboxylic acid groups (broad SMARTS) is 2. The summed E-state index contributed by atoms with van der Waals surface area (Å²) in [6, 6.07) is -2.25. The fourth-order valence-electron chi connectivity index (χ4n) is 1.77. The number of nitrogens with zero attached hydrogens (tertiary/aromatic N) is 1. The van der Waals surface area contributed by atoms with Crippen LogP contribution in [0, 0.1) is 0 Å². The van der Waals surface area contributed by atoms with Gasteiger partial charge >= 0.3 is 11.9 Å². The monoisotopic (exact) mass is 341 g/mol. The first kappa shape index (κ1) is 19.1. The molecule has 0 bridgehead atoms. The van der Waals surface area contributed by atoms with Gasteiger partial charge in [0.2, 0.25) is 11.8 Å². The van der Waals surface area contributed by atoms with Crippen molar-refractivity contribution in [2.75, 3.05) is 6.54 Å². The number of carboxylic acids is 2. The molecular formula is C13H19N5O6. The molecule has 24 heavy (non-hydrogen) atoms. The van der Waals surface area contributed by atoms with E-state index in [0.29, 0.717) is 5.69 Å². The summed E-state index contributed by atoms with van der Waals surface area (Å²) in [6.07, 6.45) is 2.49. The van der Waals surface area contributed by atoms with E-state index in [-0.39, 0.29) is 19.3 Å². The molecule has 0 radical (unpaired) electrons. The predicted octanol–water partition coefficient (Wildman–Crippen LogP) is -2.17. The molecular weight excluding hydrogens is 322 g/mol. The van der Waals surface area contributed by atoms with Gasteiger partial charge in [0.05, 0.1) is 18.9 Å². The Balaban J connectivity index is 2.41. The minimum atomic E-state index is -1.23. The van der Waals surface area contributed by atoms with Gasteiger partial charge < -0.3 is 31.6 Å². The molecule has 0 aliphatic rings. The van der Waals surface area contributed by atoms with Crippen molar-refractivity contribution >= 4 is 23.8 Å². The number of rotatable bonds is 10. The number of aromatic amines is 1. The summed E-state index contributed by atoms with van der Waals surface area (Å²) in [6.45, 7) is -0.466. The fourth-order valence-corrected chi connectivity index (χ4v) is 1.77. The van der Waals surface area contributed by atoms with Crippen molar-refractivity contribution < 1.29 is 29.4 Å². The number of imidazole rings is 1. The Hall–Kier alpha value is -2.95. The molecule has 1 heterocycles. The van der Waals surface area contributed by atoms with Crippen molar-refractivity contribution in [1.82, 2.24) is 20.6 Å². The van der Waals surface area contributed by atoms with E-state index in [2.05, 4.69) is 20.6 Å². The molecule has 1 aromatic rings. The van der Waals surface area contributed by atoms with Crippen LogP contribution in [0.4, 0.5) is 0 Å². The highest BCUT2D eigenvalue weighted by molar-refractivity contribution is 5.89. The van der Waals surface area contributed by atoms with E-state index in [1.807, 2.05) is 0 Å². The number of nitrogens with two attached hydrogens (primary N) is 1. The van der Waals surface area contributed by atoms with Gasteiger partial charge in [0, 0.05) is 24.7 Å². The van der Waals surface area contributed by atoms with Gasteiger partial charge in [-0.15, -0.1) is 0 Å². The molecule has 1 aromatic heterocycles. The maximum absolute atomic E-state index is 11.7. The number of aliphatic carboxylic acids is 2. The summed E-state index contributed by atoms with van der Waals surface area (Å²) < 4.78 is 0. The van der Waals surface area contributed by atoms with Crippen LogP contribution in [0.3, 0.4) is 0 Å². The first-order valence-corrected chi connectivity index (χ1v) is 7.04. The van der Waals surface area contributed by atoms with Crippen molar-refractivity contribution in [1.29, 1.82) is 0 Å². The molecule has 7 N–H and O–H groups in total. The number of carbonyl (C=O) groups is 4. The average Bonchev–Trinajstić information content (AvgIpc) is 3.02. The van der Waals surface area contributed by atoms with E-state index in [1.54, 1.807) is 0 Å². The summed E-state index contributed by atoms with van der Waals surface area (Å²) in [7, 11) is 0. The highest BCUT2D eigenvalue weighted by Crippen LogP contribution is 1.99. The van der Waals surface area contributed by atoms with Crippen LogP contribution in [0.15, 0.2) is 12.5 Å². The molecule has 0 saturated heterocycles. The van der Waals surface area contributed by atoms with E-state index in [9.17, 15) is 19.2 Å². The molecule has 1 rings (SSSR count). The van der Waals surface area contributed by atoms with Crippen LogP contribution in [0.1, 0.15) is 18.5 Å². The summed E-state index contributed by atoms with van der Waals surface area (Å²) in [5.41, 5.74) is 6.01. The third-order valence-electron chi connectivity index (χ3n) is 3.04.